The van der Waals surface area contributed by atoms with Crippen LogP contribution < -0.4 is 4.90 Å². The van der Waals surface area contributed by atoms with E-state index >= 15 is 0 Å². The van der Waals surface area contributed by atoms with Crippen molar-refractivity contribution in [3.05, 3.63) is 47.7 Å². The Morgan fingerprint density at radius 3 is 3.00 bits per heavy atom. The molecule has 0 spiro atoms. The minimum Gasteiger partial charge on any atom is -0.448 e. The van der Waals surface area contributed by atoms with Crippen LogP contribution in [0.25, 0.3) is 0 Å². The molecule has 2 heteroatoms. The van der Waals surface area contributed by atoms with Gasteiger partial charge in [-0.25, -0.2) is 0 Å². The van der Waals surface area contributed by atoms with Gasteiger partial charge in [0.05, 0.1) is 6.26 Å². The van der Waals surface area contributed by atoms with E-state index in [-0.39, 0.29) is 0 Å². The smallest absolute Gasteiger partial charge is 0.199 e. The van der Waals surface area contributed by atoms with E-state index in [0.29, 0.717) is 0 Å². The molecule has 0 saturated heterocycles. The summed E-state index contributed by atoms with van der Waals surface area (Å²) in [6.45, 7) is 3.15. The molecule has 0 radical (unpaired) electrons. The molecule has 1 aliphatic rings. The summed E-state index contributed by atoms with van der Waals surface area (Å²) in [7, 11) is 0. The van der Waals surface area contributed by atoms with E-state index in [1.54, 1.807) is 6.26 Å². The van der Waals surface area contributed by atoms with Gasteiger partial charge in [-0.15, -0.1) is 0 Å². The van der Waals surface area contributed by atoms with Gasteiger partial charge in [-0.05, 0) is 31.0 Å². The standard InChI is InChI=1S/C13H13NO/c1-10-4-5-12-11(9-10)6-7-14(12)13-3-2-8-15-13/h2-5,8-9H,6-7H2,1H3. The molecule has 0 bridgehead atoms. The van der Waals surface area contributed by atoms with Gasteiger partial charge in [-0.2, -0.15) is 0 Å². The highest BCUT2D eigenvalue weighted by atomic mass is 16.3. The normalized spacial score (nSPS) is 14.3. The van der Waals surface area contributed by atoms with Gasteiger partial charge in [0, 0.05) is 18.3 Å². The molecule has 0 N–H and O–H groups in total. The van der Waals surface area contributed by atoms with Crippen molar-refractivity contribution in [3.8, 4) is 0 Å². The number of hydrogen-bond acceptors (Lipinski definition) is 2. The third-order valence-electron chi connectivity index (χ3n) is 2.90. The first-order chi connectivity index (χ1) is 7.34. The van der Waals surface area contributed by atoms with Crippen molar-refractivity contribution in [2.45, 2.75) is 13.3 Å². The van der Waals surface area contributed by atoms with Gasteiger partial charge in [0.2, 0.25) is 0 Å². The van der Waals surface area contributed by atoms with Crippen LogP contribution in [0.5, 0.6) is 0 Å². The summed E-state index contributed by atoms with van der Waals surface area (Å²) in [6.07, 6.45) is 2.83. The van der Waals surface area contributed by atoms with Crippen molar-refractivity contribution in [1.82, 2.24) is 0 Å². The minimum absolute atomic E-state index is 0.942. The number of benzene rings is 1. The van der Waals surface area contributed by atoms with E-state index in [4.69, 9.17) is 4.42 Å². The third kappa shape index (κ3) is 1.33. The van der Waals surface area contributed by atoms with Gasteiger partial charge in [-0.3, -0.25) is 0 Å². The molecule has 3 rings (SSSR count). The molecule has 2 aromatic rings. The van der Waals surface area contributed by atoms with Crippen molar-refractivity contribution >= 4 is 11.6 Å². The van der Waals surface area contributed by atoms with Crippen molar-refractivity contribution < 1.29 is 4.42 Å². The molecule has 2 nitrogen and oxygen atoms in total. The Balaban J connectivity index is 2.05. The molecule has 0 atom stereocenters. The van der Waals surface area contributed by atoms with E-state index in [2.05, 4.69) is 30.0 Å². The molecule has 0 unspecified atom stereocenters. The minimum atomic E-state index is 0.942. The molecule has 2 heterocycles. The van der Waals surface area contributed by atoms with Crippen molar-refractivity contribution in [2.75, 3.05) is 11.4 Å². The Kier molecular flexibility index (Phi) is 1.81. The van der Waals surface area contributed by atoms with Crippen LogP contribution in [0.4, 0.5) is 11.6 Å². The predicted octanol–water partition coefficient (Wildman–Crippen LogP) is 3.28. The van der Waals surface area contributed by atoms with Gasteiger partial charge in [0.25, 0.3) is 0 Å². The first kappa shape index (κ1) is 8.60. The lowest BCUT2D eigenvalue weighted by Crippen LogP contribution is -2.11. The van der Waals surface area contributed by atoms with E-state index in [0.717, 1.165) is 18.8 Å². The molecule has 1 aromatic carbocycles. The molecule has 0 saturated carbocycles. The highest BCUT2D eigenvalue weighted by Gasteiger charge is 2.21. The second kappa shape index (κ2) is 3.16. The van der Waals surface area contributed by atoms with E-state index in [9.17, 15) is 0 Å². The highest BCUT2D eigenvalue weighted by molar-refractivity contribution is 5.67. The second-order valence-electron chi connectivity index (χ2n) is 3.99. The van der Waals surface area contributed by atoms with Crippen LogP contribution in [-0.4, -0.2) is 6.54 Å². The Labute approximate surface area is 89.1 Å². The first-order valence-electron chi connectivity index (χ1n) is 5.25. The number of hydrogen-bond donors (Lipinski definition) is 0. The number of anilines is 2. The Bertz CT molecular complexity index is 473. The number of rotatable bonds is 1. The SMILES string of the molecule is Cc1ccc2c(c1)CCN2c1ccco1. The van der Waals surface area contributed by atoms with E-state index in [1.807, 2.05) is 12.1 Å². The molecular weight excluding hydrogens is 186 g/mol. The number of nitrogens with zero attached hydrogens (tertiary/aromatic N) is 1. The van der Waals surface area contributed by atoms with Crippen LogP contribution in [0, 0.1) is 6.92 Å². The zero-order chi connectivity index (χ0) is 10.3. The summed E-state index contributed by atoms with van der Waals surface area (Å²) >= 11 is 0. The van der Waals surface area contributed by atoms with Crippen LogP contribution in [0.15, 0.2) is 41.0 Å². The fraction of sp³-hybridized carbons (Fsp3) is 0.231. The van der Waals surface area contributed by atoms with Crippen LogP contribution in [0.2, 0.25) is 0 Å². The molecule has 0 amide bonds. The average molecular weight is 199 g/mol. The van der Waals surface area contributed by atoms with Crippen molar-refractivity contribution in [1.29, 1.82) is 0 Å². The molecular formula is C13H13NO. The van der Waals surface area contributed by atoms with Crippen molar-refractivity contribution in [2.24, 2.45) is 0 Å². The fourth-order valence-corrected chi connectivity index (χ4v) is 2.18. The lowest BCUT2D eigenvalue weighted by atomic mass is 10.1. The Morgan fingerprint density at radius 1 is 1.27 bits per heavy atom. The maximum absolute atomic E-state index is 5.43. The number of fused-ring (bicyclic) bond motifs is 1. The molecule has 0 aliphatic carbocycles. The lowest BCUT2D eigenvalue weighted by molar-refractivity contribution is 0.565. The summed E-state index contributed by atoms with van der Waals surface area (Å²) in [5, 5.41) is 0. The predicted molar refractivity (Wildman–Crippen MR) is 60.6 cm³/mol. The van der Waals surface area contributed by atoms with Crippen LogP contribution >= 0.6 is 0 Å². The fourth-order valence-electron chi connectivity index (χ4n) is 2.18. The van der Waals surface area contributed by atoms with Gasteiger partial charge in [0.1, 0.15) is 0 Å². The largest absolute Gasteiger partial charge is 0.448 e. The highest BCUT2D eigenvalue weighted by Crippen LogP contribution is 2.34. The zero-order valence-electron chi connectivity index (χ0n) is 8.73. The zero-order valence-corrected chi connectivity index (χ0v) is 8.73. The average Bonchev–Trinajstić information content (AvgIpc) is 2.82. The third-order valence-corrected chi connectivity index (χ3v) is 2.90. The monoisotopic (exact) mass is 199 g/mol. The number of furan rings is 1. The maximum atomic E-state index is 5.43. The lowest BCUT2D eigenvalue weighted by Gasteiger charge is -2.15. The Hall–Kier alpha value is -1.70. The number of aryl methyl sites for hydroxylation is 1. The van der Waals surface area contributed by atoms with E-state index < -0.39 is 0 Å². The summed E-state index contributed by atoms with van der Waals surface area (Å²) in [4.78, 5) is 2.23. The first-order valence-corrected chi connectivity index (χ1v) is 5.25. The summed E-state index contributed by atoms with van der Waals surface area (Å²) in [5.41, 5.74) is 4.04. The van der Waals surface area contributed by atoms with Gasteiger partial charge < -0.3 is 9.32 Å². The van der Waals surface area contributed by atoms with Crippen LogP contribution in [-0.2, 0) is 6.42 Å². The molecule has 0 fully saturated rings. The quantitative estimate of drug-likeness (QED) is 0.700. The van der Waals surface area contributed by atoms with Gasteiger partial charge in [0.15, 0.2) is 5.88 Å². The maximum Gasteiger partial charge on any atom is 0.199 e. The molecule has 15 heavy (non-hydrogen) atoms. The summed E-state index contributed by atoms with van der Waals surface area (Å²) in [5.74, 6) is 0.942. The topological polar surface area (TPSA) is 16.4 Å². The Morgan fingerprint density at radius 2 is 2.20 bits per heavy atom. The van der Waals surface area contributed by atoms with Crippen LogP contribution in [0.3, 0.4) is 0 Å². The van der Waals surface area contributed by atoms with Crippen LogP contribution in [0.1, 0.15) is 11.1 Å². The molecule has 1 aliphatic heterocycles. The van der Waals surface area contributed by atoms with Crippen molar-refractivity contribution in [3.63, 3.8) is 0 Å². The van der Waals surface area contributed by atoms with Gasteiger partial charge in [-0.1, -0.05) is 17.7 Å². The second-order valence-corrected chi connectivity index (χ2v) is 3.99. The summed E-state index contributed by atoms with van der Waals surface area (Å²) < 4.78 is 5.43. The molecule has 76 valence electrons. The van der Waals surface area contributed by atoms with Gasteiger partial charge >= 0.3 is 0 Å². The summed E-state index contributed by atoms with van der Waals surface area (Å²) in [6, 6.07) is 10.5. The molecule has 1 aromatic heterocycles. The van der Waals surface area contributed by atoms with E-state index in [1.165, 1.54) is 16.8 Å².